The van der Waals surface area contributed by atoms with Gasteiger partial charge in [0, 0.05) is 24.7 Å². The zero-order valence-electron chi connectivity index (χ0n) is 17.2. The van der Waals surface area contributed by atoms with Gasteiger partial charge in [-0.05, 0) is 29.2 Å². The third kappa shape index (κ3) is 4.05. The van der Waals surface area contributed by atoms with Crippen LogP contribution in [0.1, 0.15) is 36.8 Å². The van der Waals surface area contributed by atoms with E-state index in [2.05, 4.69) is 18.9 Å². The monoisotopic (exact) mass is 424 g/mol. The molecule has 0 bridgehead atoms. The Labute approximate surface area is 180 Å². The van der Waals surface area contributed by atoms with Gasteiger partial charge < -0.3 is 4.90 Å². The van der Waals surface area contributed by atoms with E-state index in [1.807, 2.05) is 47.4 Å². The van der Waals surface area contributed by atoms with Crippen molar-refractivity contribution in [2.24, 2.45) is 5.92 Å². The van der Waals surface area contributed by atoms with E-state index >= 15 is 0 Å². The maximum atomic E-state index is 13.3. The molecule has 1 unspecified atom stereocenters. The minimum atomic E-state index is -0.388. The molecule has 0 saturated carbocycles. The SMILES string of the molecule is CC(C)Cn1nc2n(c1=O)CCN(C(=O)Cc1ccc(Cl)cc1)C2c1ccccc1. The van der Waals surface area contributed by atoms with Crippen LogP contribution in [0.3, 0.4) is 0 Å². The lowest BCUT2D eigenvalue weighted by molar-refractivity contribution is -0.133. The Morgan fingerprint density at radius 1 is 1.10 bits per heavy atom. The standard InChI is InChI=1S/C23H25ClN4O2/c1-16(2)15-28-23(30)27-13-12-26(20(29)14-17-8-10-19(24)11-9-17)21(22(27)25-28)18-6-4-3-5-7-18/h3-11,16,21H,12-15H2,1-2H3. The van der Waals surface area contributed by atoms with E-state index in [1.165, 1.54) is 4.68 Å². The van der Waals surface area contributed by atoms with Gasteiger partial charge in [-0.1, -0.05) is 67.9 Å². The van der Waals surface area contributed by atoms with E-state index in [1.54, 1.807) is 16.7 Å². The van der Waals surface area contributed by atoms with Gasteiger partial charge in [-0.3, -0.25) is 9.36 Å². The fourth-order valence-corrected chi connectivity index (χ4v) is 4.05. The van der Waals surface area contributed by atoms with Gasteiger partial charge >= 0.3 is 5.69 Å². The molecule has 1 amide bonds. The Bertz CT molecular complexity index is 1090. The molecule has 0 spiro atoms. The molecule has 0 radical (unpaired) electrons. The van der Waals surface area contributed by atoms with E-state index < -0.39 is 0 Å². The topological polar surface area (TPSA) is 60.1 Å². The molecule has 0 N–H and O–H groups in total. The summed E-state index contributed by atoms with van der Waals surface area (Å²) < 4.78 is 3.25. The second-order valence-electron chi connectivity index (χ2n) is 8.07. The molecule has 0 fully saturated rings. The first-order chi connectivity index (χ1) is 14.4. The van der Waals surface area contributed by atoms with E-state index in [4.69, 9.17) is 11.6 Å². The Kier molecular flexibility index (Phi) is 5.77. The van der Waals surface area contributed by atoms with Gasteiger partial charge in [-0.25, -0.2) is 9.48 Å². The van der Waals surface area contributed by atoms with Gasteiger partial charge in [0.25, 0.3) is 0 Å². The first-order valence-electron chi connectivity index (χ1n) is 10.2. The zero-order chi connectivity index (χ0) is 21.3. The summed E-state index contributed by atoms with van der Waals surface area (Å²) in [6, 6.07) is 16.7. The lowest BCUT2D eigenvalue weighted by Crippen LogP contribution is -2.45. The third-order valence-corrected chi connectivity index (χ3v) is 5.57. The van der Waals surface area contributed by atoms with E-state index in [0.29, 0.717) is 36.4 Å². The first-order valence-corrected chi connectivity index (χ1v) is 10.6. The summed E-state index contributed by atoms with van der Waals surface area (Å²) in [7, 11) is 0. The average Bonchev–Trinajstić information content (AvgIpc) is 3.04. The maximum Gasteiger partial charge on any atom is 0.346 e. The van der Waals surface area contributed by atoms with Gasteiger partial charge in [-0.15, -0.1) is 0 Å². The molecule has 2 aromatic carbocycles. The van der Waals surface area contributed by atoms with Crippen LogP contribution in [0.25, 0.3) is 0 Å². The van der Waals surface area contributed by atoms with E-state index in [9.17, 15) is 9.59 Å². The largest absolute Gasteiger partial charge is 0.346 e. The molecule has 1 atom stereocenters. The van der Waals surface area contributed by atoms with Crippen molar-refractivity contribution < 1.29 is 4.79 Å². The van der Waals surface area contributed by atoms with Crippen LogP contribution >= 0.6 is 11.6 Å². The number of carbonyl (C=O) groups excluding carboxylic acids is 1. The van der Waals surface area contributed by atoms with E-state index in [-0.39, 0.29) is 24.1 Å². The number of nitrogens with zero attached hydrogens (tertiary/aromatic N) is 4. The van der Waals surface area contributed by atoms with E-state index in [0.717, 1.165) is 11.1 Å². The number of halogens is 1. The van der Waals surface area contributed by atoms with Gasteiger partial charge in [0.2, 0.25) is 5.91 Å². The number of hydrogen-bond donors (Lipinski definition) is 0. The summed E-state index contributed by atoms with van der Waals surface area (Å²) in [5.74, 6) is 0.934. The van der Waals surface area contributed by atoms with Crippen molar-refractivity contribution in [2.75, 3.05) is 6.54 Å². The summed E-state index contributed by atoms with van der Waals surface area (Å²) in [6.45, 7) is 5.58. The molecule has 4 rings (SSSR count). The highest BCUT2D eigenvalue weighted by Crippen LogP contribution is 2.30. The van der Waals surface area contributed by atoms with Crippen molar-refractivity contribution in [3.8, 4) is 0 Å². The highest BCUT2D eigenvalue weighted by atomic mass is 35.5. The summed E-state index contributed by atoms with van der Waals surface area (Å²) in [5.41, 5.74) is 1.75. The predicted molar refractivity (Wildman–Crippen MR) is 116 cm³/mol. The van der Waals surface area contributed by atoms with Crippen molar-refractivity contribution >= 4 is 17.5 Å². The van der Waals surface area contributed by atoms with Crippen LogP contribution in [0.5, 0.6) is 0 Å². The third-order valence-electron chi connectivity index (χ3n) is 5.31. The number of aromatic nitrogens is 3. The summed E-state index contributed by atoms with van der Waals surface area (Å²) >= 11 is 5.97. The Morgan fingerprint density at radius 3 is 2.47 bits per heavy atom. The van der Waals surface area contributed by atoms with Crippen molar-refractivity contribution in [3.63, 3.8) is 0 Å². The molecule has 1 aliphatic rings. The normalized spacial score (nSPS) is 16.0. The minimum absolute atomic E-state index is 0.00304. The Balaban J connectivity index is 1.71. The predicted octanol–water partition coefficient (Wildman–Crippen LogP) is 3.53. The molecule has 1 aliphatic heterocycles. The average molecular weight is 425 g/mol. The van der Waals surface area contributed by atoms with Crippen molar-refractivity contribution in [3.05, 3.63) is 87.1 Å². The molecule has 3 aromatic rings. The van der Waals surface area contributed by atoms with Crippen LogP contribution in [-0.4, -0.2) is 31.7 Å². The van der Waals surface area contributed by atoms with Crippen molar-refractivity contribution in [1.29, 1.82) is 0 Å². The van der Waals surface area contributed by atoms with Gasteiger partial charge in [0.1, 0.15) is 6.04 Å². The highest BCUT2D eigenvalue weighted by Gasteiger charge is 2.35. The quantitative estimate of drug-likeness (QED) is 0.629. The molecule has 0 aliphatic carbocycles. The van der Waals surface area contributed by atoms with Gasteiger partial charge in [-0.2, -0.15) is 5.10 Å². The molecule has 0 saturated heterocycles. The summed E-state index contributed by atoms with van der Waals surface area (Å²) in [6.07, 6.45) is 0.275. The summed E-state index contributed by atoms with van der Waals surface area (Å²) in [4.78, 5) is 28.0. The molecule has 6 nitrogen and oxygen atoms in total. The van der Waals surface area contributed by atoms with Crippen molar-refractivity contribution in [1.82, 2.24) is 19.2 Å². The lowest BCUT2D eigenvalue weighted by atomic mass is 10.0. The van der Waals surface area contributed by atoms with Gasteiger partial charge in [0.05, 0.1) is 6.42 Å². The van der Waals surface area contributed by atoms with Crippen LogP contribution in [0.2, 0.25) is 5.02 Å². The van der Waals surface area contributed by atoms with Crippen LogP contribution in [-0.2, 0) is 24.3 Å². The molecule has 1 aromatic heterocycles. The molecular weight excluding hydrogens is 400 g/mol. The molecule has 30 heavy (non-hydrogen) atoms. The number of hydrogen-bond acceptors (Lipinski definition) is 3. The lowest BCUT2D eigenvalue weighted by Gasteiger charge is -2.35. The number of carbonyl (C=O) groups is 1. The smallest absolute Gasteiger partial charge is 0.326 e. The fourth-order valence-electron chi connectivity index (χ4n) is 3.92. The molecule has 2 heterocycles. The second-order valence-corrected chi connectivity index (χ2v) is 8.51. The number of amides is 1. The zero-order valence-corrected chi connectivity index (χ0v) is 17.9. The number of rotatable bonds is 5. The summed E-state index contributed by atoms with van der Waals surface area (Å²) in [5, 5.41) is 5.30. The second kappa shape index (κ2) is 8.48. The van der Waals surface area contributed by atoms with Crippen LogP contribution < -0.4 is 5.69 Å². The van der Waals surface area contributed by atoms with Crippen LogP contribution in [0.15, 0.2) is 59.4 Å². The number of benzene rings is 2. The van der Waals surface area contributed by atoms with Crippen LogP contribution in [0.4, 0.5) is 0 Å². The highest BCUT2D eigenvalue weighted by molar-refractivity contribution is 6.30. The molecule has 7 heteroatoms. The Morgan fingerprint density at radius 2 is 1.80 bits per heavy atom. The number of fused-ring (bicyclic) bond motifs is 1. The molecule has 156 valence electrons. The minimum Gasteiger partial charge on any atom is -0.326 e. The van der Waals surface area contributed by atoms with Gasteiger partial charge in [0.15, 0.2) is 5.82 Å². The fraction of sp³-hybridized carbons (Fsp3) is 0.348. The molecular formula is C23H25ClN4O2. The van der Waals surface area contributed by atoms with Crippen LogP contribution in [0, 0.1) is 5.92 Å². The van der Waals surface area contributed by atoms with Crippen molar-refractivity contribution in [2.45, 2.75) is 39.4 Å². The maximum absolute atomic E-state index is 13.3. The first kappa shape index (κ1) is 20.4. The Hall–Kier alpha value is -2.86.